The molecule has 0 saturated carbocycles. The molecule has 4 heteroatoms. The van der Waals surface area contributed by atoms with E-state index in [2.05, 4.69) is 10.6 Å². The summed E-state index contributed by atoms with van der Waals surface area (Å²) in [6.45, 7) is 0.635. The quantitative estimate of drug-likeness (QED) is 0.810. The minimum atomic E-state index is 0.189. The fraction of sp³-hybridized carbons (Fsp3) is 0.615. The molecule has 0 aliphatic carbocycles. The molecule has 2 fully saturated rings. The molecule has 92 valence electrons. The molecule has 3 atom stereocenters. The van der Waals surface area contributed by atoms with Crippen LogP contribution >= 0.6 is 0 Å². The summed E-state index contributed by atoms with van der Waals surface area (Å²) < 4.78 is 2.04. The maximum absolute atomic E-state index is 12.1. The molecular weight excluding hydrogens is 214 g/mol. The Labute approximate surface area is 101 Å². The Balaban J connectivity index is 1.56. The van der Waals surface area contributed by atoms with Crippen LogP contribution in [0.3, 0.4) is 0 Å². The van der Waals surface area contributed by atoms with Crippen molar-refractivity contribution >= 4 is 5.91 Å². The van der Waals surface area contributed by atoms with E-state index in [-0.39, 0.29) is 11.8 Å². The molecule has 1 aromatic heterocycles. The van der Waals surface area contributed by atoms with Gasteiger partial charge in [0.1, 0.15) is 0 Å². The van der Waals surface area contributed by atoms with Crippen LogP contribution in [0.1, 0.15) is 25.0 Å². The summed E-state index contributed by atoms with van der Waals surface area (Å²) in [6, 6.07) is 5.05. The minimum Gasteiger partial charge on any atom is -0.353 e. The second-order valence-corrected chi connectivity index (χ2v) is 5.22. The largest absolute Gasteiger partial charge is 0.353 e. The summed E-state index contributed by atoms with van der Waals surface area (Å²) in [7, 11) is 2.00. The van der Waals surface area contributed by atoms with Gasteiger partial charge in [0.05, 0.1) is 12.5 Å². The van der Waals surface area contributed by atoms with Crippen molar-refractivity contribution in [2.45, 2.75) is 37.9 Å². The third-order valence-corrected chi connectivity index (χ3v) is 4.13. The van der Waals surface area contributed by atoms with Crippen molar-refractivity contribution in [2.75, 3.05) is 0 Å². The van der Waals surface area contributed by atoms with E-state index >= 15 is 0 Å². The van der Waals surface area contributed by atoms with Crippen LogP contribution in [0.25, 0.3) is 0 Å². The second kappa shape index (κ2) is 4.18. The summed E-state index contributed by atoms with van der Waals surface area (Å²) in [5.41, 5.74) is 1.15. The number of carbonyl (C=O) groups excluding carboxylic acids is 1. The highest BCUT2D eigenvalue weighted by atomic mass is 16.1. The average Bonchev–Trinajstić information content (AvgIpc) is 3.01. The van der Waals surface area contributed by atoms with E-state index in [1.165, 1.54) is 6.42 Å². The number of nitrogens with zero attached hydrogens (tertiary/aromatic N) is 1. The fourth-order valence-corrected chi connectivity index (χ4v) is 3.10. The van der Waals surface area contributed by atoms with Crippen molar-refractivity contribution in [3.8, 4) is 0 Å². The van der Waals surface area contributed by atoms with E-state index in [0.717, 1.165) is 18.5 Å². The van der Waals surface area contributed by atoms with E-state index in [1.807, 2.05) is 29.9 Å². The third-order valence-electron chi connectivity index (χ3n) is 4.13. The standard InChI is InChI=1S/C13H19N3O/c1-16-6-2-3-10(16)8-14-13(17)11-7-9-4-5-12(11)15-9/h2-3,6,9,11-12,15H,4-5,7-8H2,1H3,(H,14,17). The third kappa shape index (κ3) is 1.97. The van der Waals surface area contributed by atoms with Gasteiger partial charge >= 0.3 is 0 Å². The van der Waals surface area contributed by atoms with Crippen LogP contribution in [0, 0.1) is 5.92 Å². The van der Waals surface area contributed by atoms with Crippen LogP contribution in [0.2, 0.25) is 0 Å². The van der Waals surface area contributed by atoms with E-state index in [9.17, 15) is 4.79 Å². The van der Waals surface area contributed by atoms with Crippen molar-refractivity contribution in [1.82, 2.24) is 15.2 Å². The minimum absolute atomic E-state index is 0.189. The van der Waals surface area contributed by atoms with Crippen LogP contribution < -0.4 is 10.6 Å². The number of nitrogens with one attached hydrogen (secondary N) is 2. The van der Waals surface area contributed by atoms with Crippen molar-refractivity contribution in [1.29, 1.82) is 0 Å². The predicted octanol–water partition coefficient (Wildman–Crippen LogP) is 0.782. The molecule has 2 N–H and O–H groups in total. The van der Waals surface area contributed by atoms with Gasteiger partial charge in [-0.25, -0.2) is 0 Å². The van der Waals surface area contributed by atoms with Gasteiger partial charge in [-0.3, -0.25) is 4.79 Å². The van der Waals surface area contributed by atoms with Gasteiger partial charge < -0.3 is 15.2 Å². The van der Waals surface area contributed by atoms with Gasteiger partial charge in [-0.2, -0.15) is 0 Å². The maximum atomic E-state index is 12.1. The van der Waals surface area contributed by atoms with E-state index < -0.39 is 0 Å². The highest BCUT2D eigenvalue weighted by Crippen LogP contribution is 2.33. The first-order valence-corrected chi connectivity index (χ1v) is 6.38. The molecule has 2 aliphatic heterocycles. The molecule has 1 amide bonds. The maximum Gasteiger partial charge on any atom is 0.225 e. The molecule has 1 aromatic rings. The number of aromatic nitrogens is 1. The number of hydrogen-bond acceptors (Lipinski definition) is 2. The Bertz CT molecular complexity index is 426. The van der Waals surface area contributed by atoms with Crippen LogP contribution in [-0.2, 0) is 18.4 Å². The highest BCUT2D eigenvalue weighted by Gasteiger charge is 2.42. The normalized spacial score (nSPS) is 30.8. The Kier molecular flexibility index (Phi) is 2.67. The molecule has 2 aliphatic rings. The smallest absolute Gasteiger partial charge is 0.225 e. The number of rotatable bonds is 3. The van der Waals surface area contributed by atoms with Gasteiger partial charge in [-0.15, -0.1) is 0 Å². The first-order chi connectivity index (χ1) is 8.24. The molecule has 0 spiro atoms. The molecule has 3 unspecified atom stereocenters. The van der Waals surface area contributed by atoms with Crippen LogP contribution in [-0.4, -0.2) is 22.6 Å². The molecule has 2 saturated heterocycles. The molecule has 3 rings (SSSR count). The molecule has 2 bridgehead atoms. The monoisotopic (exact) mass is 233 g/mol. The molecule has 0 radical (unpaired) electrons. The predicted molar refractivity (Wildman–Crippen MR) is 65.3 cm³/mol. The van der Waals surface area contributed by atoms with Crippen molar-refractivity contribution < 1.29 is 4.79 Å². The van der Waals surface area contributed by atoms with Gasteiger partial charge in [-0.1, -0.05) is 0 Å². The number of hydrogen-bond donors (Lipinski definition) is 2. The van der Waals surface area contributed by atoms with Gasteiger partial charge in [0, 0.05) is 31.0 Å². The van der Waals surface area contributed by atoms with Crippen LogP contribution in [0.5, 0.6) is 0 Å². The zero-order valence-electron chi connectivity index (χ0n) is 10.1. The summed E-state index contributed by atoms with van der Waals surface area (Å²) in [5.74, 6) is 0.403. The lowest BCUT2D eigenvalue weighted by Crippen LogP contribution is -2.37. The second-order valence-electron chi connectivity index (χ2n) is 5.22. The molecule has 3 heterocycles. The Hall–Kier alpha value is -1.29. The molecular formula is C13H19N3O. The van der Waals surface area contributed by atoms with Crippen LogP contribution in [0.4, 0.5) is 0 Å². The lowest BCUT2D eigenvalue weighted by atomic mass is 9.88. The number of aryl methyl sites for hydroxylation is 1. The zero-order valence-corrected chi connectivity index (χ0v) is 10.1. The van der Waals surface area contributed by atoms with E-state index in [1.54, 1.807) is 0 Å². The van der Waals surface area contributed by atoms with E-state index in [4.69, 9.17) is 0 Å². The Morgan fingerprint density at radius 3 is 3.06 bits per heavy atom. The van der Waals surface area contributed by atoms with E-state index in [0.29, 0.717) is 18.6 Å². The average molecular weight is 233 g/mol. The summed E-state index contributed by atoms with van der Waals surface area (Å²) >= 11 is 0. The highest BCUT2D eigenvalue weighted by molar-refractivity contribution is 5.80. The lowest BCUT2D eigenvalue weighted by molar-refractivity contribution is -0.125. The zero-order chi connectivity index (χ0) is 11.8. The summed E-state index contributed by atoms with van der Waals surface area (Å²) in [4.78, 5) is 12.1. The van der Waals surface area contributed by atoms with Crippen molar-refractivity contribution in [3.05, 3.63) is 24.0 Å². The van der Waals surface area contributed by atoms with Crippen LogP contribution in [0.15, 0.2) is 18.3 Å². The first kappa shape index (κ1) is 10.8. The SMILES string of the molecule is Cn1cccc1CNC(=O)C1CC2CCC1N2. The number of fused-ring (bicyclic) bond motifs is 2. The van der Waals surface area contributed by atoms with Crippen molar-refractivity contribution in [2.24, 2.45) is 13.0 Å². The van der Waals surface area contributed by atoms with Gasteiger partial charge in [0.15, 0.2) is 0 Å². The Morgan fingerprint density at radius 2 is 2.47 bits per heavy atom. The van der Waals surface area contributed by atoms with Gasteiger partial charge in [0.2, 0.25) is 5.91 Å². The first-order valence-electron chi connectivity index (χ1n) is 6.38. The van der Waals surface area contributed by atoms with Gasteiger partial charge in [0.25, 0.3) is 0 Å². The molecule has 17 heavy (non-hydrogen) atoms. The topological polar surface area (TPSA) is 46.1 Å². The number of amides is 1. The lowest BCUT2D eigenvalue weighted by Gasteiger charge is -2.19. The summed E-state index contributed by atoms with van der Waals surface area (Å²) in [5, 5.41) is 6.55. The molecule has 0 aromatic carbocycles. The molecule has 4 nitrogen and oxygen atoms in total. The summed E-state index contributed by atoms with van der Waals surface area (Å²) in [6.07, 6.45) is 5.42. The Morgan fingerprint density at radius 1 is 1.59 bits per heavy atom. The van der Waals surface area contributed by atoms with Gasteiger partial charge in [-0.05, 0) is 31.4 Å². The fourth-order valence-electron chi connectivity index (χ4n) is 3.10. The number of carbonyl (C=O) groups is 1. The van der Waals surface area contributed by atoms with Crippen molar-refractivity contribution in [3.63, 3.8) is 0 Å².